The molecule has 1 heterocycles. The molecular formula is C19H17FN2O2S. The monoisotopic (exact) mass is 356 g/mol. The summed E-state index contributed by atoms with van der Waals surface area (Å²) in [4.78, 5) is 26.0. The van der Waals surface area contributed by atoms with Crippen LogP contribution >= 0.6 is 11.8 Å². The Hall–Kier alpha value is -2.60. The topological polar surface area (TPSA) is 49.4 Å². The Morgan fingerprint density at radius 3 is 2.60 bits per heavy atom. The first-order valence-electron chi connectivity index (χ1n) is 7.83. The van der Waals surface area contributed by atoms with Crippen molar-refractivity contribution in [2.75, 3.05) is 12.3 Å². The number of carbonyl (C=O) groups excluding carboxylic acids is 2. The van der Waals surface area contributed by atoms with Crippen LogP contribution in [0.25, 0.3) is 5.70 Å². The van der Waals surface area contributed by atoms with E-state index in [0.29, 0.717) is 17.0 Å². The van der Waals surface area contributed by atoms with E-state index in [2.05, 4.69) is 5.32 Å². The van der Waals surface area contributed by atoms with Crippen molar-refractivity contribution in [2.24, 2.45) is 0 Å². The zero-order valence-corrected chi connectivity index (χ0v) is 14.3. The highest BCUT2D eigenvalue weighted by atomic mass is 32.2. The molecule has 0 unspecified atom stereocenters. The lowest BCUT2D eigenvalue weighted by Gasteiger charge is -2.28. The predicted molar refractivity (Wildman–Crippen MR) is 96.8 cm³/mol. The third-order valence-electron chi connectivity index (χ3n) is 3.80. The van der Waals surface area contributed by atoms with Gasteiger partial charge in [-0.3, -0.25) is 9.59 Å². The van der Waals surface area contributed by atoms with Gasteiger partial charge in [0.1, 0.15) is 12.4 Å². The van der Waals surface area contributed by atoms with Crippen LogP contribution < -0.4 is 5.32 Å². The molecule has 0 saturated carbocycles. The van der Waals surface area contributed by atoms with Gasteiger partial charge < -0.3 is 10.2 Å². The molecule has 0 spiro atoms. The summed E-state index contributed by atoms with van der Waals surface area (Å²) in [6, 6.07) is 15.7. The number of nitrogens with one attached hydrogen (secondary N) is 1. The van der Waals surface area contributed by atoms with Crippen LogP contribution in [0, 0.1) is 5.82 Å². The number of carbonyl (C=O) groups is 2. The number of hydrogen-bond acceptors (Lipinski definition) is 3. The number of amides is 2. The van der Waals surface area contributed by atoms with Gasteiger partial charge in [-0.25, -0.2) is 4.39 Å². The Morgan fingerprint density at radius 1 is 1.12 bits per heavy atom. The zero-order chi connectivity index (χ0) is 17.6. The fourth-order valence-electron chi connectivity index (χ4n) is 2.51. The SMILES string of the molecule is O=C(CN1C(=O)CSC=C1c1ccccc1)NCc1ccccc1F. The minimum absolute atomic E-state index is 0.0887. The van der Waals surface area contributed by atoms with E-state index in [1.165, 1.54) is 22.7 Å². The van der Waals surface area contributed by atoms with Crippen molar-refractivity contribution in [3.05, 3.63) is 76.9 Å². The minimum atomic E-state index is -0.363. The summed E-state index contributed by atoms with van der Waals surface area (Å²) in [5.41, 5.74) is 2.00. The molecule has 0 bridgehead atoms. The molecule has 6 heteroatoms. The maximum absolute atomic E-state index is 13.6. The maximum Gasteiger partial charge on any atom is 0.240 e. The molecule has 2 amide bonds. The zero-order valence-electron chi connectivity index (χ0n) is 13.4. The Bertz CT molecular complexity index is 808. The molecule has 0 aromatic heterocycles. The lowest BCUT2D eigenvalue weighted by Crippen LogP contribution is -2.41. The van der Waals surface area contributed by atoms with E-state index in [4.69, 9.17) is 0 Å². The third-order valence-corrected chi connectivity index (χ3v) is 4.60. The van der Waals surface area contributed by atoms with Crippen LogP contribution in [-0.4, -0.2) is 29.0 Å². The first-order chi connectivity index (χ1) is 12.1. The fraction of sp³-hybridized carbons (Fsp3) is 0.158. The van der Waals surface area contributed by atoms with Crippen molar-refractivity contribution >= 4 is 29.3 Å². The average molecular weight is 356 g/mol. The van der Waals surface area contributed by atoms with E-state index in [0.717, 1.165) is 5.56 Å². The highest BCUT2D eigenvalue weighted by Gasteiger charge is 2.25. The van der Waals surface area contributed by atoms with E-state index in [-0.39, 0.29) is 30.7 Å². The molecule has 0 radical (unpaired) electrons. The van der Waals surface area contributed by atoms with Crippen LogP contribution in [-0.2, 0) is 16.1 Å². The van der Waals surface area contributed by atoms with Gasteiger partial charge in [-0.2, -0.15) is 0 Å². The summed E-state index contributed by atoms with van der Waals surface area (Å²) in [5, 5.41) is 4.56. The molecule has 0 aliphatic carbocycles. The quantitative estimate of drug-likeness (QED) is 0.896. The summed E-state index contributed by atoms with van der Waals surface area (Å²) in [6.45, 7) is 0.00124. The van der Waals surface area contributed by atoms with Gasteiger partial charge in [0.05, 0.1) is 11.4 Å². The lowest BCUT2D eigenvalue weighted by molar-refractivity contribution is -0.131. The van der Waals surface area contributed by atoms with Gasteiger partial charge in [-0.15, -0.1) is 11.8 Å². The third kappa shape index (κ3) is 4.28. The fourth-order valence-corrected chi connectivity index (χ4v) is 3.31. The average Bonchev–Trinajstić information content (AvgIpc) is 2.63. The van der Waals surface area contributed by atoms with Crippen molar-refractivity contribution in [3.8, 4) is 0 Å². The molecule has 1 aliphatic heterocycles. The summed E-state index contributed by atoms with van der Waals surface area (Å²) < 4.78 is 13.6. The Kier molecular flexibility index (Phi) is 5.50. The molecular weight excluding hydrogens is 339 g/mol. The number of nitrogens with zero attached hydrogens (tertiary/aromatic N) is 1. The minimum Gasteiger partial charge on any atom is -0.350 e. The Morgan fingerprint density at radius 2 is 1.84 bits per heavy atom. The second-order valence-electron chi connectivity index (χ2n) is 5.53. The van der Waals surface area contributed by atoms with Crippen molar-refractivity contribution in [1.82, 2.24) is 10.2 Å². The lowest BCUT2D eigenvalue weighted by atomic mass is 10.1. The van der Waals surface area contributed by atoms with Gasteiger partial charge in [0, 0.05) is 12.1 Å². The summed E-state index contributed by atoms with van der Waals surface area (Å²) in [6.07, 6.45) is 0. The molecule has 0 atom stereocenters. The predicted octanol–water partition coefficient (Wildman–Crippen LogP) is 3.02. The Balaban J connectivity index is 1.68. The van der Waals surface area contributed by atoms with E-state index in [1.807, 2.05) is 35.7 Å². The molecule has 0 fully saturated rings. The van der Waals surface area contributed by atoms with Crippen molar-refractivity contribution < 1.29 is 14.0 Å². The standard InChI is InChI=1S/C19H17FN2O2S/c20-16-9-5-4-8-15(16)10-21-18(23)11-22-17(12-25-13-19(22)24)14-6-2-1-3-7-14/h1-9,12H,10-11,13H2,(H,21,23). The summed E-state index contributed by atoms with van der Waals surface area (Å²) >= 11 is 1.41. The second kappa shape index (κ2) is 7.98. The van der Waals surface area contributed by atoms with Crippen molar-refractivity contribution in [1.29, 1.82) is 0 Å². The molecule has 4 nitrogen and oxygen atoms in total. The highest BCUT2D eigenvalue weighted by molar-refractivity contribution is 8.03. The van der Waals surface area contributed by atoms with Crippen LogP contribution in [0.3, 0.4) is 0 Å². The van der Waals surface area contributed by atoms with Gasteiger partial charge in [-0.05, 0) is 17.0 Å². The number of hydrogen-bond donors (Lipinski definition) is 1. The van der Waals surface area contributed by atoms with Gasteiger partial charge in [0.2, 0.25) is 11.8 Å². The largest absolute Gasteiger partial charge is 0.350 e. The first kappa shape index (κ1) is 17.2. The number of halogens is 1. The number of rotatable bonds is 5. The Labute approximate surface area is 149 Å². The summed E-state index contributed by atoms with van der Waals surface area (Å²) in [5.74, 6) is -0.507. The molecule has 3 rings (SSSR count). The van der Waals surface area contributed by atoms with E-state index in [9.17, 15) is 14.0 Å². The summed E-state index contributed by atoms with van der Waals surface area (Å²) in [7, 11) is 0. The van der Waals surface area contributed by atoms with E-state index < -0.39 is 0 Å². The van der Waals surface area contributed by atoms with Crippen molar-refractivity contribution in [3.63, 3.8) is 0 Å². The van der Waals surface area contributed by atoms with Gasteiger partial charge in [-0.1, -0.05) is 48.5 Å². The molecule has 1 aliphatic rings. The van der Waals surface area contributed by atoms with Crippen LogP contribution in [0.2, 0.25) is 0 Å². The van der Waals surface area contributed by atoms with Gasteiger partial charge in [0.25, 0.3) is 0 Å². The van der Waals surface area contributed by atoms with Crippen molar-refractivity contribution in [2.45, 2.75) is 6.54 Å². The molecule has 25 heavy (non-hydrogen) atoms. The molecule has 2 aromatic carbocycles. The molecule has 0 saturated heterocycles. The number of thioether (sulfide) groups is 1. The second-order valence-corrected chi connectivity index (χ2v) is 6.39. The maximum atomic E-state index is 13.6. The van der Waals surface area contributed by atoms with E-state index >= 15 is 0 Å². The highest BCUT2D eigenvalue weighted by Crippen LogP contribution is 2.27. The molecule has 128 valence electrons. The van der Waals surface area contributed by atoms with Crippen LogP contribution in [0.5, 0.6) is 0 Å². The van der Waals surface area contributed by atoms with E-state index in [1.54, 1.807) is 18.2 Å². The molecule has 2 aromatic rings. The number of benzene rings is 2. The molecule has 1 N–H and O–H groups in total. The normalized spacial score (nSPS) is 14.2. The first-order valence-corrected chi connectivity index (χ1v) is 8.87. The van der Waals surface area contributed by atoms with Gasteiger partial charge >= 0.3 is 0 Å². The van der Waals surface area contributed by atoms with Crippen LogP contribution in [0.15, 0.2) is 60.0 Å². The van der Waals surface area contributed by atoms with Crippen LogP contribution in [0.4, 0.5) is 4.39 Å². The smallest absolute Gasteiger partial charge is 0.240 e. The van der Waals surface area contributed by atoms with Gasteiger partial charge in [0.15, 0.2) is 0 Å². The van der Waals surface area contributed by atoms with Crippen LogP contribution in [0.1, 0.15) is 11.1 Å².